The summed E-state index contributed by atoms with van der Waals surface area (Å²) in [5.74, 6) is 0. The fourth-order valence-electron chi connectivity index (χ4n) is 1.62. The van der Waals surface area contributed by atoms with E-state index in [1.165, 1.54) is 11.1 Å². The molecule has 0 bridgehead atoms. The molecule has 2 nitrogen and oxygen atoms in total. The van der Waals surface area contributed by atoms with E-state index in [0.717, 1.165) is 18.5 Å². The van der Waals surface area contributed by atoms with Gasteiger partial charge in [0.1, 0.15) is 0 Å². The van der Waals surface area contributed by atoms with Crippen LogP contribution in [-0.2, 0) is 12.8 Å². The van der Waals surface area contributed by atoms with Crippen LogP contribution in [0.2, 0.25) is 0 Å². The second-order valence-electron chi connectivity index (χ2n) is 3.08. The van der Waals surface area contributed by atoms with Crippen LogP contribution in [0.25, 0.3) is 0 Å². The van der Waals surface area contributed by atoms with Gasteiger partial charge in [-0.15, -0.1) is 0 Å². The number of hydrogen-bond donors (Lipinski definition) is 2. The van der Waals surface area contributed by atoms with Crippen LogP contribution < -0.4 is 5.32 Å². The van der Waals surface area contributed by atoms with Crippen molar-refractivity contribution in [1.82, 2.24) is 0 Å². The number of carbonyl (C=O) groups is 1. The van der Waals surface area contributed by atoms with Gasteiger partial charge >= 0.3 is 0 Å². The van der Waals surface area contributed by atoms with E-state index >= 15 is 0 Å². The fourth-order valence-corrected chi connectivity index (χ4v) is 1.74. The average molecular weight is 209 g/mol. The maximum absolute atomic E-state index is 10.8. The van der Waals surface area contributed by atoms with Gasteiger partial charge in [0.05, 0.1) is 0 Å². The van der Waals surface area contributed by atoms with Crippen molar-refractivity contribution >= 4 is 23.6 Å². The first kappa shape index (κ1) is 11.1. The lowest BCUT2D eigenvalue weighted by Crippen LogP contribution is -2.05. The first-order valence-corrected chi connectivity index (χ1v) is 5.24. The van der Waals surface area contributed by atoms with Crippen molar-refractivity contribution in [3.8, 4) is 0 Å². The molecule has 0 unspecified atom stereocenters. The third-order valence-corrected chi connectivity index (χ3v) is 2.36. The molecule has 1 amide bonds. The van der Waals surface area contributed by atoms with Crippen LogP contribution >= 0.6 is 12.6 Å². The zero-order chi connectivity index (χ0) is 10.6. The third kappa shape index (κ3) is 2.51. The van der Waals surface area contributed by atoms with Crippen molar-refractivity contribution in [1.29, 1.82) is 0 Å². The Bertz CT molecular complexity index is 336. The number of thiol groups is 1. The SMILES string of the molecule is CCc1cccc(NC(=O)S)c1CC. The summed E-state index contributed by atoms with van der Waals surface area (Å²) in [4.78, 5) is 10.8. The van der Waals surface area contributed by atoms with Crippen LogP contribution in [0, 0.1) is 0 Å². The maximum atomic E-state index is 10.8. The monoisotopic (exact) mass is 209 g/mol. The number of rotatable bonds is 3. The number of nitrogens with one attached hydrogen (secondary N) is 1. The topological polar surface area (TPSA) is 29.1 Å². The van der Waals surface area contributed by atoms with E-state index in [1.54, 1.807) is 0 Å². The Balaban J connectivity index is 3.08. The lowest BCUT2D eigenvalue weighted by molar-refractivity contribution is 0.270. The van der Waals surface area contributed by atoms with Gasteiger partial charge in [-0.25, -0.2) is 0 Å². The second kappa shape index (κ2) is 5.05. The summed E-state index contributed by atoms with van der Waals surface area (Å²) in [7, 11) is 0. The van der Waals surface area contributed by atoms with Gasteiger partial charge < -0.3 is 5.32 Å². The lowest BCUT2D eigenvalue weighted by Gasteiger charge is -2.11. The highest BCUT2D eigenvalue weighted by molar-refractivity contribution is 7.96. The van der Waals surface area contributed by atoms with Crippen molar-refractivity contribution in [3.63, 3.8) is 0 Å². The zero-order valence-corrected chi connectivity index (χ0v) is 9.40. The molecular formula is C11H15NOS. The first-order chi connectivity index (χ1) is 6.69. The molecule has 0 aliphatic heterocycles. The van der Waals surface area contributed by atoms with E-state index in [9.17, 15) is 4.79 Å². The highest BCUT2D eigenvalue weighted by Crippen LogP contribution is 2.21. The summed E-state index contributed by atoms with van der Waals surface area (Å²) in [6, 6.07) is 5.95. The summed E-state index contributed by atoms with van der Waals surface area (Å²) in [5.41, 5.74) is 3.37. The van der Waals surface area contributed by atoms with Crippen molar-refractivity contribution in [3.05, 3.63) is 29.3 Å². The molecule has 0 radical (unpaired) electrons. The number of aryl methyl sites for hydroxylation is 1. The Morgan fingerprint density at radius 2 is 2.07 bits per heavy atom. The third-order valence-electron chi connectivity index (χ3n) is 2.25. The molecule has 0 saturated heterocycles. The maximum Gasteiger partial charge on any atom is 0.280 e. The molecule has 0 aliphatic carbocycles. The quantitative estimate of drug-likeness (QED) is 0.735. The molecule has 76 valence electrons. The number of anilines is 1. The zero-order valence-electron chi connectivity index (χ0n) is 8.50. The van der Waals surface area contributed by atoms with Crippen LogP contribution in [0.15, 0.2) is 18.2 Å². The molecular weight excluding hydrogens is 194 g/mol. The van der Waals surface area contributed by atoms with Gasteiger partial charge in [-0.1, -0.05) is 38.6 Å². The van der Waals surface area contributed by atoms with Crippen LogP contribution in [-0.4, -0.2) is 5.24 Å². The van der Waals surface area contributed by atoms with Crippen LogP contribution in [0.1, 0.15) is 25.0 Å². The summed E-state index contributed by atoms with van der Waals surface area (Å²) >= 11 is 3.71. The Kier molecular flexibility index (Phi) is 4.01. The molecule has 1 rings (SSSR count). The van der Waals surface area contributed by atoms with Crippen LogP contribution in [0.5, 0.6) is 0 Å². The van der Waals surface area contributed by atoms with E-state index in [-0.39, 0.29) is 5.24 Å². The van der Waals surface area contributed by atoms with Crippen molar-refractivity contribution in [2.45, 2.75) is 26.7 Å². The normalized spacial score (nSPS) is 9.93. The summed E-state index contributed by atoms with van der Waals surface area (Å²) in [6.45, 7) is 4.20. The number of carbonyl (C=O) groups excluding carboxylic acids is 1. The predicted octanol–water partition coefficient (Wildman–Crippen LogP) is 3.27. The Morgan fingerprint density at radius 3 is 2.57 bits per heavy atom. The summed E-state index contributed by atoms with van der Waals surface area (Å²) in [6.07, 6.45) is 1.91. The molecule has 0 heterocycles. The molecule has 0 atom stereocenters. The Hall–Kier alpha value is -0.960. The molecule has 0 saturated carbocycles. The van der Waals surface area contributed by atoms with Crippen molar-refractivity contribution in [2.24, 2.45) is 0 Å². The molecule has 0 aromatic heterocycles. The molecule has 0 spiro atoms. The van der Waals surface area contributed by atoms with E-state index in [0.29, 0.717) is 0 Å². The van der Waals surface area contributed by atoms with E-state index < -0.39 is 0 Å². The Morgan fingerprint density at radius 1 is 1.36 bits per heavy atom. The molecule has 1 N–H and O–H groups in total. The molecule has 1 aromatic carbocycles. The molecule has 0 aliphatic rings. The molecule has 0 fully saturated rings. The number of benzene rings is 1. The summed E-state index contributed by atoms with van der Waals surface area (Å²) in [5, 5.41) is 2.41. The largest absolute Gasteiger partial charge is 0.317 e. The number of hydrogen-bond acceptors (Lipinski definition) is 1. The molecule has 1 aromatic rings. The average Bonchev–Trinajstić information content (AvgIpc) is 2.16. The number of amides is 1. The van der Waals surface area contributed by atoms with E-state index in [1.807, 2.05) is 12.1 Å². The minimum Gasteiger partial charge on any atom is -0.317 e. The van der Waals surface area contributed by atoms with Gasteiger partial charge in [0, 0.05) is 5.69 Å². The van der Waals surface area contributed by atoms with Crippen LogP contribution in [0.4, 0.5) is 10.5 Å². The summed E-state index contributed by atoms with van der Waals surface area (Å²) < 4.78 is 0. The second-order valence-corrected chi connectivity index (χ2v) is 3.49. The highest BCUT2D eigenvalue weighted by atomic mass is 32.1. The van der Waals surface area contributed by atoms with Gasteiger partial charge in [-0.05, 0) is 30.0 Å². The van der Waals surface area contributed by atoms with Gasteiger partial charge in [0.2, 0.25) is 0 Å². The van der Waals surface area contributed by atoms with E-state index in [2.05, 4.69) is 37.9 Å². The standard InChI is InChI=1S/C11H15NOS/c1-3-8-6-5-7-10(9(8)4-2)12-11(13)14/h5-7H,3-4H2,1-2H3,(H2,12,13,14). The van der Waals surface area contributed by atoms with Crippen molar-refractivity contribution in [2.75, 3.05) is 5.32 Å². The predicted molar refractivity (Wildman–Crippen MR) is 63.2 cm³/mol. The molecule has 3 heteroatoms. The van der Waals surface area contributed by atoms with Gasteiger partial charge in [0.25, 0.3) is 5.24 Å². The van der Waals surface area contributed by atoms with E-state index in [4.69, 9.17) is 0 Å². The smallest absolute Gasteiger partial charge is 0.280 e. The van der Waals surface area contributed by atoms with Gasteiger partial charge in [-0.3, -0.25) is 4.79 Å². The Labute approximate surface area is 90.1 Å². The lowest BCUT2D eigenvalue weighted by atomic mass is 10.0. The first-order valence-electron chi connectivity index (χ1n) is 4.79. The van der Waals surface area contributed by atoms with Crippen molar-refractivity contribution < 1.29 is 4.79 Å². The minimum atomic E-state index is -0.312. The van der Waals surface area contributed by atoms with Crippen LogP contribution in [0.3, 0.4) is 0 Å². The van der Waals surface area contributed by atoms with Gasteiger partial charge in [-0.2, -0.15) is 0 Å². The highest BCUT2D eigenvalue weighted by Gasteiger charge is 2.05. The minimum absolute atomic E-state index is 0.312. The fraction of sp³-hybridized carbons (Fsp3) is 0.364. The molecule has 14 heavy (non-hydrogen) atoms. The van der Waals surface area contributed by atoms with Gasteiger partial charge in [0.15, 0.2) is 0 Å².